The molecule has 0 amide bonds. The minimum Gasteiger partial charge on any atom is -0.494 e. The van der Waals surface area contributed by atoms with E-state index in [0.29, 0.717) is 5.69 Å². The van der Waals surface area contributed by atoms with E-state index >= 15 is 0 Å². The van der Waals surface area contributed by atoms with Crippen molar-refractivity contribution in [3.05, 3.63) is 62.9 Å². The van der Waals surface area contributed by atoms with Crippen LogP contribution in [0.15, 0.2) is 56.3 Å². The third kappa shape index (κ3) is 3.25. The number of H-pyrrole nitrogens is 2. The van der Waals surface area contributed by atoms with Crippen LogP contribution in [0.2, 0.25) is 0 Å². The Kier molecular flexibility index (Phi) is 3.67. The van der Waals surface area contributed by atoms with Crippen LogP contribution in [0.3, 0.4) is 0 Å². The lowest BCUT2D eigenvalue weighted by molar-refractivity contribution is 0.447. The first-order valence-corrected chi connectivity index (χ1v) is 5.35. The third-order valence-corrected chi connectivity index (χ3v) is 2.20. The summed E-state index contributed by atoms with van der Waals surface area (Å²) in [4.78, 5) is 26.3. The lowest BCUT2D eigenvalue weighted by Crippen LogP contribution is -2.23. The number of aromatic amines is 2. The molecule has 0 aliphatic rings. The molecule has 0 atom stereocenters. The van der Waals surface area contributed by atoms with Crippen molar-refractivity contribution in [1.29, 1.82) is 0 Å². The Labute approximate surface area is 107 Å². The Morgan fingerprint density at radius 2 is 1.84 bits per heavy atom. The Bertz CT molecular complexity index is 729. The van der Waals surface area contributed by atoms with Gasteiger partial charge >= 0.3 is 5.69 Å². The summed E-state index contributed by atoms with van der Waals surface area (Å²) in [5, 5.41) is 17.0. The summed E-state index contributed by atoms with van der Waals surface area (Å²) in [7, 11) is 0. The maximum atomic E-state index is 11.4. The van der Waals surface area contributed by atoms with Crippen LogP contribution in [0.25, 0.3) is 6.08 Å². The number of hydrogen-bond acceptors (Lipinski definition) is 5. The minimum atomic E-state index is -0.773. The lowest BCUT2D eigenvalue weighted by atomic mass is 10.3. The van der Waals surface area contributed by atoms with Crippen molar-refractivity contribution < 1.29 is 5.11 Å². The van der Waals surface area contributed by atoms with E-state index in [2.05, 4.69) is 15.2 Å². The van der Waals surface area contributed by atoms with Gasteiger partial charge in [-0.1, -0.05) is 18.2 Å². The Morgan fingerprint density at radius 1 is 1.11 bits per heavy atom. The molecule has 2 aromatic rings. The number of aromatic nitrogens is 2. The summed E-state index contributed by atoms with van der Waals surface area (Å²) in [6.07, 6.45) is 2.49. The SMILES string of the molecule is O=c1[nH]c(O)c(C=CN=Nc2ccccc2)c(=O)[nH]1. The summed E-state index contributed by atoms with van der Waals surface area (Å²) >= 11 is 0. The fourth-order valence-corrected chi connectivity index (χ4v) is 1.34. The van der Waals surface area contributed by atoms with Gasteiger partial charge in [-0.05, 0) is 18.2 Å². The van der Waals surface area contributed by atoms with Gasteiger partial charge in [0.2, 0.25) is 5.88 Å². The van der Waals surface area contributed by atoms with Crippen LogP contribution in [0.4, 0.5) is 5.69 Å². The number of rotatable bonds is 3. The van der Waals surface area contributed by atoms with Gasteiger partial charge in [0, 0.05) is 0 Å². The molecule has 19 heavy (non-hydrogen) atoms. The van der Waals surface area contributed by atoms with Crippen LogP contribution in [0.5, 0.6) is 5.88 Å². The second-order valence-corrected chi connectivity index (χ2v) is 3.54. The average Bonchev–Trinajstić information content (AvgIpc) is 2.38. The molecule has 0 spiro atoms. The summed E-state index contributed by atoms with van der Waals surface area (Å²) in [5.74, 6) is -0.514. The second-order valence-electron chi connectivity index (χ2n) is 3.54. The molecule has 7 nitrogen and oxygen atoms in total. The molecule has 0 fully saturated rings. The molecule has 7 heteroatoms. The molecule has 1 heterocycles. The van der Waals surface area contributed by atoms with E-state index in [-0.39, 0.29) is 5.56 Å². The van der Waals surface area contributed by atoms with Gasteiger partial charge in [0.1, 0.15) is 5.56 Å². The molecule has 0 aliphatic carbocycles. The standard InChI is InChI=1S/C12H10N4O3/c17-10-9(11(18)15-12(19)14-10)6-7-13-16-8-4-2-1-3-5-8/h1-7H,(H3,14,15,17,18,19). The van der Waals surface area contributed by atoms with Crippen LogP contribution in [-0.2, 0) is 0 Å². The topological polar surface area (TPSA) is 111 Å². The summed E-state index contributed by atoms with van der Waals surface area (Å²) in [5.41, 5.74) is -0.906. The fourth-order valence-electron chi connectivity index (χ4n) is 1.34. The highest BCUT2D eigenvalue weighted by atomic mass is 16.3. The van der Waals surface area contributed by atoms with Crippen molar-refractivity contribution in [3.8, 4) is 5.88 Å². The Balaban J connectivity index is 2.19. The largest absolute Gasteiger partial charge is 0.494 e. The van der Waals surface area contributed by atoms with E-state index in [1.165, 1.54) is 12.3 Å². The molecular weight excluding hydrogens is 248 g/mol. The van der Waals surface area contributed by atoms with Gasteiger partial charge in [0.05, 0.1) is 11.9 Å². The van der Waals surface area contributed by atoms with E-state index < -0.39 is 17.1 Å². The molecule has 1 aromatic heterocycles. The van der Waals surface area contributed by atoms with Gasteiger partial charge in [-0.15, -0.1) is 0 Å². The number of benzene rings is 1. The van der Waals surface area contributed by atoms with Crippen LogP contribution in [-0.4, -0.2) is 15.1 Å². The first-order chi connectivity index (χ1) is 9.16. The first-order valence-electron chi connectivity index (χ1n) is 5.35. The quantitative estimate of drug-likeness (QED) is 0.725. The van der Waals surface area contributed by atoms with Crippen LogP contribution in [0, 0.1) is 0 Å². The van der Waals surface area contributed by atoms with Gasteiger partial charge in [-0.25, -0.2) is 4.79 Å². The van der Waals surface area contributed by atoms with Crippen molar-refractivity contribution in [2.75, 3.05) is 0 Å². The van der Waals surface area contributed by atoms with E-state index in [4.69, 9.17) is 0 Å². The smallest absolute Gasteiger partial charge is 0.328 e. The normalized spacial score (nSPS) is 11.4. The molecule has 2 rings (SSSR count). The number of hydrogen-bond donors (Lipinski definition) is 3. The van der Waals surface area contributed by atoms with E-state index in [9.17, 15) is 14.7 Å². The van der Waals surface area contributed by atoms with Crippen molar-refractivity contribution in [2.45, 2.75) is 0 Å². The molecule has 0 radical (unpaired) electrons. The zero-order valence-electron chi connectivity index (χ0n) is 9.70. The second kappa shape index (κ2) is 5.58. The van der Waals surface area contributed by atoms with Crippen molar-refractivity contribution in [1.82, 2.24) is 9.97 Å². The van der Waals surface area contributed by atoms with Gasteiger partial charge in [-0.3, -0.25) is 14.8 Å². The molecule has 0 aliphatic heterocycles. The van der Waals surface area contributed by atoms with E-state index in [1.54, 1.807) is 12.1 Å². The Hall–Kier alpha value is -2.96. The van der Waals surface area contributed by atoms with Crippen molar-refractivity contribution in [2.24, 2.45) is 10.2 Å². The molecule has 0 saturated carbocycles. The van der Waals surface area contributed by atoms with Gasteiger partial charge in [0.15, 0.2) is 0 Å². The number of nitrogens with zero attached hydrogens (tertiary/aromatic N) is 2. The van der Waals surface area contributed by atoms with Crippen LogP contribution < -0.4 is 11.2 Å². The molecule has 0 unspecified atom stereocenters. The average molecular weight is 258 g/mol. The predicted molar refractivity (Wildman–Crippen MR) is 69.3 cm³/mol. The molecule has 96 valence electrons. The van der Waals surface area contributed by atoms with Crippen molar-refractivity contribution >= 4 is 11.8 Å². The molecule has 3 N–H and O–H groups in total. The monoisotopic (exact) mass is 258 g/mol. The summed E-state index contributed by atoms with van der Waals surface area (Å²) < 4.78 is 0. The van der Waals surface area contributed by atoms with Gasteiger partial charge in [-0.2, -0.15) is 10.2 Å². The highest BCUT2D eigenvalue weighted by Crippen LogP contribution is 2.11. The van der Waals surface area contributed by atoms with Gasteiger partial charge in [0.25, 0.3) is 5.56 Å². The predicted octanol–water partition coefficient (Wildman–Crippen LogP) is 1.52. The zero-order chi connectivity index (χ0) is 13.7. The third-order valence-electron chi connectivity index (χ3n) is 2.20. The molecule has 1 aromatic carbocycles. The number of nitrogens with one attached hydrogen (secondary N) is 2. The maximum Gasteiger partial charge on any atom is 0.328 e. The van der Waals surface area contributed by atoms with Gasteiger partial charge < -0.3 is 5.11 Å². The van der Waals surface area contributed by atoms with Crippen LogP contribution >= 0.6 is 0 Å². The van der Waals surface area contributed by atoms with E-state index in [0.717, 1.165) is 0 Å². The molecular formula is C12H10N4O3. The lowest BCUT2D eigenvalue weighted by Gasteiger charge is -1.94. The van der Waals surface area contributed by atoms with Crippen LogP contribution in [0.1, 0.15) is 5.56 Å². The fraction of sp³-hybridized carbons (Fsp3) is 0. The number of aromatic hydroxyl groups is 1. The maximum absolute atomic E-state index is 11.4. The first kappa shape index (κ1) is 12.5. The Morgan fingerprint density at radius 3 is 2.53 bits per heavy atom. The highest BCUT2D eigenvalue weighted by molar-refractivity contribution is 5.52. The number of azo groups is 1. The summed E-state index contributed by atoms with van der Waals surface area (Å²) in [6.45, 7) is 0. The zero-order valence-corrected chi connectivity index (χ0v) is 9.70. The molecule has 0 saturated heterocycles. The molecule has 0 bridgehead atoms. The summed E-state index contributed by atoms with van der Waals surface area (Å²) in [6, 6.07) is 9.02. The highest BCUT2D eigenvalue weighted by Gasteiger charge is 2.03. The van der Waals surface area contributed by atoms with E-state index in [1.807, 2.05) is 23.2 Å². The minimum absolute atomic E-state index is 0.0911. The van der Waals surface area contributed by atoms with Crippen molar-refractivity contribution in [3.63, 3.8) is 0 Å².